The summed E-state index contributed by atoms with van der Waals surface area (Å²) in [6, 6.07) is 7.35. The molecule has 2 aromatic rings. The SMILES string of the molecule is CCOc1ccccc1OCC(=O)NCCc1nnc2n1CCCCC2. The van der Waals surface area contributed by atoms with Gasteiger partial charge >= 0.3 is 0 Å². The zero-order valence-corrected chi connectivity index (χ0v) is 15.2. The van der Waals surface area contributed by atoms with E-state index in [4.69, 9.17) is 9.47 Å². The molecule has 3 rings (SSSR count). The first kappa shape index (κ1) is 18.2. The van der Waals surface area contributed by atoms with Gasteiger partial charge in [0, 0.05) is 25.9 Å². The second-order valence-corrected chi connectivity index (χ2v) is 6.26. The molecule has 1 aromatic carbocycles. The molecule has 2 heterocycles. The molecule has 0 fully saturated rings. The Hall–Kier alpha value is -2.57. The van der Waals surface area contributed by atoms with E-state index in [1.54, 1.807) is 6.07 Å². The van der Waals surface area contributed by atoms with Crippen LogP contribution >= 0.6 is 0 Å². The van der Waals surface area contributed by atoms with Crippen molar-refractivity contribution in [3.8, 4) is 11.5 Å². The van der Waals surface area contributed by atoms with Gasteiger partial charge in [0.1, 0.15) is 11.6 Å². The molecule has 0 aliphatic carbocycles. The summed E-state index contributed by atoms with van der Waals surface area (Å²) >= 11 is 0. The normalized spacial score (nSPS) is 13.6. The Labute approximate surface area is 153 Å². The van der Waals surface area contributed by atoms with Crippen LogP contribution in [0.4, 0.5) is 0 Å². The first-order chi connectivity index (χ1) is 12.8. The van der Waals surface area contributed by atoms with E-state index in [2.05, 4.69) is 20.1 Å². The fraction of sp³-hybridized carbons (Fsp3) is 0.526. The predicted molar refractivity (Wildman–Crippen MR) is 97.4 cm³/mol. The highest BCUT2D eigenvalue weighted by molar-refractivity contribution is 5.77. The van der Waals surface area contributed by atoms with Crippen LogP contribution in [-0.4, -0.2) is 40.4 Å². The summed E-state index contributed by atoms with van der Waals surface area (Å²) in [6.07, 6.45) is 5.24. The number of hydrogen-bond donors (Lipinski definition) is 1. The number of benzene rings is 1. The van der Waals surface area contributed by atoms with Crippen LogP contribution in [0.3, 0.4) is 0 Å². The van der Waals surface area contributed by atoms with Gasteiger partial charge in [-0.05, 0) is 31.9 Å². The van der Waals surface area contributed by atoms with Gasteiger partial charge in [0.2, 0.25) is 0 Å². The number of aromatic nitrogens is 3. The second kappa shape index (κ2) is 9.22. The lowest BCUT2D eigenvalue weighted by Crippen LogP contribution is -2.31. The number of hydrogen-bond acceptors (Lipinski definition) is 5. The van der Waals surface area contributed by atoms with Gasteiger partial charge in [-0.25, -0.2) is 0 Å². The third-order valence-electron chi connectivity index (χ3n) is 4.36. The Bertz CT molecular complexity index is 729. The van der Waals surface area contributed by atoms with Crippen molar-refractivity contribution in [2.45, 2.75) is 45.6 Å². The first-order valence-electron chi connectivity index (χ1n) is 9.30. The van der Waals surface area contributed by atoms with Crippen LogP contribution in [0.15, 0.2) is 24.3 Å². The topological polar surface area (TPSA) is 78.3 Å². The van der Waals surface area contributed by atoms with E-state index < -0.39 is 0 Å². The summed E-state index contributed by atoms with van der Waals surface area (Å²) in [4.78, 5) is 12.0. The molecule has 1 aromatic heterocycles. The molecule has 0 spiro atoms. The minimum absolute atomic E-state index is 0.0397. The van der Waals surface area contributed by atoms with Crippen LogP contribution in [0.5, 0.6) is 11.5 Å². The molecule has 1 N–H and O–H groups in total. The molecule has 140 valence electrons. The minimum atomic E-state index is -0.160. The maximum absolute atomic E-state index is 12.0. The van der Waals surface area contributed by atoms with Crippen LogP contribution in [0.1, 0.15) is 37.8 Å². The minimum Gasteiger partial charge on any atom is -0.490 e. The van der Waals surface area contributed by atoms with E-state index in [9.17, 15) is 4.79 Å². The molecular formula is C19H26N4O3. The second-order valence-electron chi connectivity index (χ2n) is 6.26. The molecule has 7 heteroatoms. The smallest absolute Gasteiger partial charge is 0.257 e. The standard InChI is InChI=1S/C19H26N4O3/c1-2-25-15-8-5-6-9-16(15)26-14-19(24)20-12-11-18-22-21-17-10-4-3-7-13-23(17)18/h5-6,8-9H,2-4,7,10-14H2,1H3,(H,20,24). The van der Waals surface area contributed by atoms with Gasteiger partial charge in [-0.3, -0.25) is 4.79 Å². The van der Waals surface area contributed by atoms with Crippen LogP contribution < -0.4 is 14.8 Å². The largest absolute Gasteiger partial charge is 0.490 e. The Morgan fingerprint density at radius 2 is 1.96 bits per heavy atom. The molecule has 1 aliphatic heterocycles. The summed E-state index contributed by atoms with van der Waals surface area (Å²) < 4.78 is 13.3. The van der Waals surface area contributed by atoms with Gasteiger partial charge in [-0.1, -0.05) is 18.6 Å². The van der Waals surface area contributed by atoms with Crippen LogP contribution in [-0.2, 0) is 24.2 Å². The number of nitrogens with one attached hydrogen (secondary N) is 1. The van der Waals surface area contributed by atoms with Gasteiger partial charge in [-0.15, -0.1) is 10.2 Å². The molecule has 1 amide bonds. The van der Waals surface area contributed by atoms with E-state index in [0.717, 1.165) is 31.0 Å². The molecule has 0 bridgehead atoms. The number of nitrogens with zero attached hydrogens (tertiary/aromatic N) is 3. The van der Waals surface area contributed by atoms with E-state index in [-0.39, 0.29) is 12.5 Å². The van der Waals surface area contributed by atoms with Crippen molar-refractivity contribution in [3.05, 3.63) is 35.9 Å². The van der Waals surface area contributed by atoms with Gasteiger partial charge in [0.05, 0.1) is 6.61 Å². The lowest BCUT2D eigenvalue weighted by atomic mass is 10.2. The molecule has 0 atom stereocenters. The summed E-state index contributed by atoms with van der Waals surface area (Å²) in [5, 5.41) is 11.4. The number of amides is 1. The third kappa shape index (κ3) is 4.74. The maximum Gasteiger partial charge on any atom is 0.257 e. The average molecular weight is 358 g/mol. The Morgan fingerprint density at radius 1 is 1.15 bits per heavy atom. The van der Waals surface area contributed by atoms with Crippen LogP contribution in [0.2, 0.25) is 0 Å². The molecule has 0 saturated carbocycles. The third-order valence-corrected chi connectivity index (χ3v) is 4.36. The van der Waals surface area contributed by atoms with Crippen molar-refractivity contribution in [1.82, 2.24) is 20.1 Å². The van der Waals surface area contributed by atoms with E-state index >= 15 is 0 Å². The van der Waals surface area contributed by atoms with Gasteiger partial charge in [0.25, 0.3) is 5.91 Å². The number of ether oxygens (including phenoxy) is 2. The fourth-order valence-electron chi connectivity index (χ4n) is 3.08. The number of fused-ring (bicyclic) bond motifs is 1. The van der Waals surface area contributed by atoms with Crippen LogP contribution in [0.25, 0.3) is 0 Å². The molecular weight excluding hydrogens is 332 g/mol. The summed E-state index contributed by atoms with van der Waals surface area (Å²) in [5.41, 5.74) is 0. The van der Waals surface area contributed by atoms with Crippen molar-refractivity contribution in [1.29, 1.82) is 0 Å². The van der Waals surface area contributed by atoms with Crippen molar-refractivity contribution in [2.24, 2.45) is 0 Å². The van der Waals surface area contributed by atoms with Crippen LogP contribution in [0, 0.1) is 0 Å². The maximum atomic E-state index is 12.0. The molecule has 0 unspecified atom stereocenters. The highest BCUT2D eigenvalue weighted by Gasteiger charge is 2.14. The zero-order chi connectivity index (χ0) is 18.2. The van der Waals surface area contributed by atoms with Gasteiger partial charge < -0.3 is 19.4 Å². The number of rotatable bonds is 8. The monoisotopic (exact) mass is 358 g/mol. The lowest BCUT2D eigenvalue weighted by Gasteiger charge is -2.11. The van der Waals surface area contributed by atoms with E-state index in [1.807, 2.05) is 25.1 Å². The van der Waals surface area contributed by atoms with Gasteiger partial charge in [-0.2, -0.15) is 0 Å². The van der Waals surface area contributed by atoms with Crippen molar-refractivity contribution in [2.75, 3.05) is 19.8 Å². The predicted octanol–water partition coefficient (Wildman–Crippen LogP) is 2.14. The van der Waals surface area contributed by atoms with Crippen molar-refractivity contribution >= 4 is 5.91 Å². The lowest BCUT2D eigenvalue weighted by molar-refractivity contribution is -0.123. The zero-order valence-electron chi connectivity index (χ0n) is 15.2. The molecule has 0 radical (unpaired) electrons. The Balaban J connectivity index is 1.44. The van der Waals surface area contributed by atoms with Crippen molar-refractivity contribution < 1.29 is 14.3 Å². The number of para-hydroxylation sites is 2. The molecule has 26 heavy (non-hydrogen) atoms. The first-order valence-corrected chi connectivity index (χ1v) is 9.30. The summed E-state index contributed by atoms with van der Waals surface area (Å²) in [5.74, 6) is 3.08. The highest BCUT2D eigenvalue weighted by Crippen LogP contribution is 2.26. The Kier molecular flexibility index (Phi) is 6.46. The molecule has 0 saturated heterocycles. The molecule has 7 nitrogen and oxygen atoms in total. The van der Waals surface area contributed by atoms with Gasteiger partial charge in [0.15, 0.2) is 18.1 Å². The fourth-order valence-corrected chi connectivity index (χ4v) is 3.08. The number of aryl methyl sites for hydroxylation is 1. The quantitative estimate of drug-likeness (QED) is 0.782. The number of carbonyl (C=O) groups excluding carboxylic acids is 1. The molecule has 1 aliphatic rings. The number of carbonyl (C=O) groups is 1. The summed E-state index contributed by atoms with van der Waals surface area (Å²) in [7, 11) is 0. The average Bonchev–Trinajstić information content (AvgIpc) is 2.88. The van der Waals surface area contributed by atoms with E-state index in [0.29, 0.717) is 31.1 Å². The Morgan fingerprint density at radius 3 is 2.77 bits per heavy atom. The highest BCUT2D eigenvalue weighted by atomic mass is 16.5. The van der Waals surface area contributed by atoms with Crippen molar-refractivity contribution in [3.63, 3.8) is 0 Å². The van der Waals surface area contributed by atoms with E-state index in [1.165, 1.54) is 12.8 Å². The summed E-state index contributed by atoms with van der Waals surface area (Å²) in [6.45, 7) is 3.92.